The number of methoxy groups -OCH3 is 1. The number of carbonyl (C=O) groups is 2. The topological polar surface area (TPSA) is 73.9 Å². The lowest BCUT2D eigenvalue weighted by molar-refractivity contribution is -0.136. The largest absolute Gasteiger partial charge is 0.497 e. The summed E-state index contributed by atoms with van der Waals surface area (Å²) in [7, 11) is 3.73. The molecule has 1 aliphatic rings. The number of hydrogen-bond acceptors (Lipinski definition) is 5. The van der Waals surface area contributed by atoms with Gasteiger partial charge in [-0.05, 0) is 49.4 Å². The Hall–Kier alpha value is -2.61. The number of amides is 2. The van der Waals surface area contributed by atoms with Crippen LogP contribution < -0.4 is 15.4 Å². The van der Waals surface area contributed by atoms with Gasteiger partial charge in [0.15, 0.2) is 0 Å². The van der Waals surface area contributed by atoms with Crippen LogP contribution >= 0.6 is 11.6 Å². The molecule has 31 heavy (non-hydrogen) atoms. The van der Waals surface area contributed by atoms with Crippen LogP contribution in [-0.4, -0.2) is 68.5 Å². The van der Waals surface area contributed by atoms with Crippen LogP contribution in [0.15, 0.2) is 42.5 Å². The van der Waals surface area contributed by atoms with Gasteiger partial charge in [-0.2, -0.15) is 0 Å². The van der Waals surface area contributed by atoms with Gasteiger partial charge in [-0.15, -0.1) is 0 Å². The van der Waals surface area contributed by atoms with Crippen molar-refractivity contribution in [3.8, 4) is 5.75 Å². The lowest BCUT2D eigenvalue weighted by Crippen LogP contribution is -2.49. The van der Waals surface area contributed by atoms with E-state index < -0.39 is 11.8 Å². The Labute approximate surface area is 188 Å². The van der Waals surface area contributed by atoms with E-state index in [0.29, 0.717) is 17.3 Å². The summed E-state index contributed by atoms with van der Waals surface area (Å²) >= 11 is 6.10. The Bertz CT molecular complexity index is 912. The Kier molecular flexibility index (Phi) is 7.90. The number of likely N-dealkylation sites (N-methyl/N-ethyl adjacent to an activating group) is 1. The molecule has 2 aromatic carbocycles. The fourth-order valence-electron chi connectivity index (χ4n) is 3.55. The highest BCUT2D eigenvalue weighted by Gasteiger charge is 2.25. The molecular formula is C23H29ClN4O3. The molecule has 0 spiro atoms. The van der Waals surface area contributed by atoms with Gasteiger partial charge in [0.05, 0.1) is 13.2 Å². The molecule has 1 heterocycles. The van der Waals surface area contributed by atoms with Crippen LogP contribution in [0.2, 0.25) is 5.02 Å². The Morgan fingerprint density at radius 3 is 2.35 bits per heavy atom. The van der Waals surface area contributed by atoms with Gasteiger partial charge in [-0.3, -0.25) is 14.5 Å². The zero-order valence-electron chi connectivity index (χ0n) is 18.2. The van der Waals surface area contributed by atoms with Gasteiger partial charge in [0.1, 0.15) is 5.75 Å². The third-order valence-corrected chi connectivity index (χ3v) is 5.98. The summed E-state index contributed by atoms with van der Waals surface area (Å²) in [6.07, 6.45) is 0. The van der Waals surface area contributed by atoms with Crippen molar-refractivity contribution >= 4 is 29.1 Å². The maximum atomic E-state index is 12.5. The molecule has 3 rings (SSSR count). The first kappa shape index (κ1) is 23.1. The monoisotopic (exact) mass is 444 g/mol. The second kappa shape index (κ2) is 10.6. The number of halogens is 1. The lowest BCUT2D eigenvalue weighted by atomic mass is 10.0. The highest BCUT2D eigenvalue weighted by atomic mass is 35.5. The van der Waals surface area contributed by atoms with Crippen LogP contribution in [0, 0.1) is 6.92 Å². The Morgan fingerprint density at radius 1 is 1.06 bits per heavy atom. The van der Waals surface area contributed by atoms with E-state index in [1.807, 2.05) is 31.2 Å². The molecule has 0 radical (unpaired) electrons. The number of rotatable bonds is 6. The number of anilines is 1. The zero-order chi connectivity index (χ0) is 22.4. The average Bonchev–Trinajstić information content (AvgIpc) is 2.77. The molecule has 0 unspecified atom stereocenters. The van der Waals surface area contributed by atoms with E-state index in [1.54, 1.807) is 25.3 Å². The Balaban J connectivity index is 1.66. The van der Waals surface area contributed by atoms with E-state index in [-0.39, 0.29) is 6.04 Å². The molecule has 2 aromatic rings. The predicted octanol–water partition coefficient (Wildman–Crippen LogP) is 2.70. The summed E-state index contributed by atoms with van der Waals surface area (Å²) in [5, 5.41) is 5.93. The summed E-state index contributed by atoms with van der Waals surface area (Å²) in [5.74, 6) is -0.614. The van der Waals surface area contributed by atoms with E-state index in [1.165, 1.54) is 0 Å². The fraction of sp³-hybridized carbons (Fsp3) is 0.391. The van der Waals surface area contributed by atoms with Crippen molar-refractivity contribution in [1.29, 1.82) is 0 Å². The number of nitrogens with zero attached hydrogens (tertiary/aromatic N) is 2. The third-order valence-electron chi connectivity index (χ3n) is 5.57. The molecule has 0 bridgehead atoms. The van der Waals surface area contributed by atoms with E-state index in [0.717, 1.165) is 43.1 Å². The standard InChI is InChI=1S/C23H29ClN4O3/c1-16-4-7-18(14-20(16)24)26-23(30)22(29)25-15-21(28-12-10-27(2)11-13-28)17-5-8-19(31-3)9-6-17/h4-9,14,21H,10-13,15H2,1-3H3,(H,25,29)(H,26,30)/t21-/m1/s1. The van der Waals surface area contributed by atoms with Gasteiger partial charge >= 0.3 is 11.8 Å². The van der Waals surface area contributed by atoms with Gasteiger partial charge in [0.2, 0.25) is 0 Å². The third kappa shape index (κ3) is 6.19. The summed E-state index contributed by atoms with van der Waals surface area (Å²) < 4.78 is 5.26. The van der Waals surface area contributed by atoms with Gasteiger partial charge in [0, 0.05) is 43.4 Å². The molecule has 2 N–H and O–H groups in total. The van der Waals surface area contributed by atoms with Crippen molar-refractivity contribution in [3.63, 3.8) is 0 Å². The van der Waals surface area contributed by atoms with Crippen LogP contribution in [0.25, 0.3) is 0 Å². The highest BCUT2D eigenvalue weighted by molar-refractivity contribution is 6.39. The van der Waals surface area contributed by atoms with Crippen LogP contribution in [0.4, 0.5) is 5.69 Å². The summed E-state index contributed by atoms with van der Waals surface area (Å²) in [6, 6.07) is 12.9. The smallest absolute Gasteiger partial charge is 0.313 e. The Morgan fingerprint density at radius 2 is 1.74 bits per heavy atom. The molecular weight excluding hydrogens is 416 g/mol. The maximum Gasteiger partial charge on any atom is 0.313 e. The molecule has 7 nitrogen and oxygen atoms in total. The SMILES string of the molecule is COc1ccc([C@@H](CNC(=O)C(=O)Nc2ccc(C)c(Cl)c2)N2CCN(C)CC2)cc1. The summed E-state index contributed by atoms with van der Waals surface area (Å²) in [6.45, 7) is 5.88. The first-order valence-electron chi connectivity index (χ1n) is 10.3. The maximum absolute atomic E-state index is 12.5. The number of benzene rings is 2. The van der Waals surface area contributed by atoms with E-state index in [4.69, 9.17) is 16.3 Å². The number of nitrogens with one attached hydrogen (secondary N) is 2. The highest BCUT2D eigenvalue weighted by Crippen LogP contribution is 2.24. The zero-order valence-corrected chi connectivity index (χ0v) is 18.9. The first-order chi connectivity index (χ1) is 14.9. The van der Waals surface area contributed by atoms with Crippen molar-refractivity contribution in [2.45, 2.75) is 13.0 Å². The van der Waals surface area contributed by atoms with Crippen LogP contribution in [0.1, 0.15) is 17.2 Å². The summed E-state index contributed by atoms with van der Waals surface area (Å²) in [5.41, 5.74) is 2.46. The number of piperazine rings is 1. The molecule has 1 fully saturated rings. The van der Waals surface area contributed by atoms with Crippen molar-refractivity contribution < 1.29 is 14.3 Å². The quantitative estimate of drug-likeness (QED) is 0.670. The normalized spacial score (nSPS) is 15.9. The number of carbonyl (C=O) groups excluding carboxylic acids is 2. The number of hydrogen-bond donors (Lipinski definition) is 2. The van der Waals surface area contributed by atoms with E-state index >= 15 is 0 Å². The molecule has 0 saturated carbocycles. The van der Waals surface area contributed by atoms with Crippen molar-refractivity contribution in [3.05, 3.63) is 58.6 Å². The average molecular weight is 445 g/mol. The molecule has 166 valence electrons. The molecule has 1 aliphatic heterocycles. The minimum atomic E-state index is -0.716. The van der Waals surface area contributed by atoms with Crippen LogP contribution in [0.3, 0.4) is 0 Å². The van der Waals surface area contributed by atoms with Crippen molar-refractivity contribution in [1.82, 2.24) is 15.1 Å². The van der Waals surface area contributed by atoms with Crippen molar-refractivity contribution in [2.75, 3.05) is 52.2 Å². The van der Waals surface area contributed by atoms with Gasteiger partial charge in [-0.25, -0.2) is 0 Å². The van der Waals surface area contributed by atoms with Crippen molar-refractivity contribution in [2.24, 2.45) is 0 Å². The van der Waals surface area contributed by atoms with Gasteiger partial charge in [-0.1, -0.05) is 29.8 Å². The number of ether oxygens (including phenoxy) is 1. The number of aryl methyl sites for hydroxylation is 1. The van der Waals surface area contributed by atoms with Gasteiger partial charge in [0.25, 0.3) is 0 Å². The second-order valence-corrected chi connectivity index (χ2v) is 8.16. The summed E-state index contributed by atoms with van der Waals surface area (Å²) in [4.78, 5) is 29.4. The van der Waals surface area contributed by atoms with E-state index in [2.05, 4.69) is 27.5 Å². The molecule has 8 heteroatoms. The molecule has 2 amide bonds. The molecule has 1 atom stereocenters. The van der Waals surface area contributed by atoms with Gasteiger partial charge < -0.3 is 20.3 Å². The molecule has 1 saturated heterocycles. The van der Waals surface area contributed by atoms with E-state index in [9.17, 15) is 9.59 Å². The lowest BCUT2D eigenvalue weighted by Gasteiger charge is -2.38. The fourth-order valence-corrected chi connectivity index (χ4v) is 3.73. The first-order valence-corrected chi connectivity index (χ1v) is 10.7. The molecule has 0 aromatic heterocycles. The van der Waals surface area contributed by atoms with Crippen LogP contribution in [-0.2, 0) is 9.59 Å². The minimum absolute atomic E-state index is 0.0369. The second-order valence-electron chi connectivity index (χ2n) is 7.76. The predicted molar refractivity (Wildman–Crippen MR) is 123 cm³/mol. The van der Waals surface area contributed by atoms with Crippen LogP contribution in [0.5, 0.6) is 5.75 Å². The minimum Gasteiger partial charge on any atom is -0.497 e. The molecule has 0 aliphatic carbocycles.